The molecule has 11 aromatic rings. The molecule has 3 heteroatoms. The molecule has 0 amide bonds. The molecule has 0 bridgehead atoms. The van der Waals surface area contributed by atoms with E-state index in [1.807, 2.05) is 0 Å². The molecule has 3 aliphatic carbocycles. The maximum absolute atomic E-state index is 5.39. The maximum atomic E-state index is 5.39. The summed E-state index contributed by atoms with van der Waals surface area (Å²) in [7, 11) is 0. The lowest BCUT2D eigenvalue weighted by Crippen LogP contribution is -2.18. The minimum atomic E-state index is -0.287. The highest BCUT2D eigenvalue weighted by molar-refractivity contribution is 6.09. The number of hydrogen-bond donors (Lipinski definition) is 0. The Kier molecular flexibility index (Phi) is 9.33. The van der Waals surface area contributed by atoms with Crippen molar-refractivity contribution in [2.24, 2.45) is 0 Å². The summed E-state index contributed by atoms with van der Waals surface area (Å²) in [5, 5.41) is 4.90. The maximum Gasteiger partial charge on any atom is 0.137 e. The first kappa shape index (κ1) is 43.3. The normalized spacial score (nSPS) is 14.8. The van der Waals surface area contributed by atoms with Gasteiger partial charge in [0.05, 0.1) is 0 Å². The van der Waals surface area contributed by atoms with E-state index in [4.69, 9.17) is 4.98 Å². The zero-order valence-corrected chi connectivity index (χ0v) is 42.2. The molecule has 73 heavy (non-hydrogen) atoms. The lowest BCUT2D eigenvalue weighted by atomic mass is 9.80. The van der Waals surface area contributed by atoms with Crippen LogP contribution < -0.4 is 9.80 Å². The van der Waals surface area contributed by atoms with E-state index in [1.165, 1.54) is 93.9 Å². The average Bonchev–Trinajstić information content (AvgIpc) is 3.90. The molecule has 350 valence electrons. The lowest BCUT2D eigenvalue weighted by molar-refractivity contribution is 0.660. The van der Waals surface area contributed by atoms with E-state index in [0.29, 0.717) is 0 Å². The Morgan fingerprint density at radius 3 is 1.41 bits per heavy atom. The fourth-order valence-corrected chi connectivity index (χ4v) is 13.0. The molecule has 1 heterocycles. The van der Waals surface area contributed by atoms with Gasteiger partial charge in [0, 0.05) is 56.4 Å². The first-order valence-corrected chi connectivity index (χ1v) is 25.8. The van der Waals surface area contributed by atoms with E-state index in [1.54, 1.807) is 0 Å². The first-order valence-electron chi connectivity index (χ1n) is 25.8. The predicted octanol–water partition coefficient (Wildman–Crippen LogP) is 18.9. The number of hydrogen-bond acceptors (Lipinski definition) is 3. The van der Waals surface area contributed by atoms with Crippen molar-refractivity contribution in [2.45, 2.75) is 57.8 Å². The second-order valence-corrected chi connectivity index (χ2v) is 22.0. The highest BCUT2D eigenvalue weighted by Crippen LogP contribution is 2.56. The zero-order chi connectivity index (χ0) is 49.4. The SMILES string of the molecule is CC1(C)c2ccccc2-c2ccc(N(c3ccccc3)c3ccc4c(c3)C(C)(C)c3cc(-c5ccc(N(c6ccc7c(c6)C(C)(C)c6ccccc6-7)c6ccc7ccccc7c6)nc5)c5ccccc5c3-4)cc21. The van der Waals surface area contributed by atoms with Crippen LogP contribution in [0.3, 0.4) is 0 Å². The number of para-hydroxylation sites is 1. The van der Waals surface area contributed by atoms with Gasteiger partial charge in [-0.15, -0.1) is 0 Å². The topological polar surface area (TPSA) is 19.4 Å². The van der Waals surface area contributed by atoms with E-state index in [0.717, 1.165) is 39.8 Å². The van der Waals surface area contributed by atoms with Crippen LogP contribution in [0.15, 0.2) is 225 Å². The second-order valence-electron chi connectivity index (χ2n) is 22.0. The molecule has 0 radical (unpaired) electrons. The molecule has 10 aromatic carbocycles. The Labute approximate surface area is 428 Å². The van der Waals surface area contributed by atoms with Crippen LogP contribution in [-0.2, 0) is 16.2 Å². The molecular formula is C70H55N3. The summed E-state index contributed by atoms with van der Waals surface area (Å²) in [5.41, 5.74) is 23.4. The van der Waals surface area contributed by atoms with Gasteiger partial charge >= 0.3 is 0 Å². The van der Waals surface area contributed by atoms with E-state index in [2.05, 4.69) is 276 Å². The number of benzene rings is 10. The van der Waals surface area contributed by atoms with Crippen LogP contribution in [0.2, 0.25) is 0 Å². The van der Waals surface area contributed by atoms with Gasteiger partial charge in [-0.25, -0.2) is 4.98 Å². The Morgan fingerprint density at radius 2 is 0.781 bits per heavy atom. The van der Waals surface area contributed by atoms with Crippen LogP contribution in [0.4, 0.5) is 34.3 Å². The molecule has 3 nitrogen and oxygen atoms in total. The molecular weight excluding hydrogens is 883 g/mol. The summed E-state index contributed by atoms with van der Waals surface area (Å²) in [4.78, 5) is 10.2. The summed E-state index contributed by atoms with van der Waals surface area (Å²) in [5.74, 6) is 0.873. The molecule has 1 aromatic heterocycles. The Bertz CT molecular complexity index is 4070. The summed E-state index contributed by atoms with van der Waals surface area (Å²) in [6.45, 7) is 14.2. The first-order chi connectivity index (χ1) is 35.5. The molecule has 0 spiro atoms. The van der Waals surface area contributed by atoms with Crippen molar-refractivity contribution in [3.63, 3.8) is 0 Å². The van der Waals surface area contributed by atoms with Gasteiger partial charge in [-0.3, -0.25) is 4.90 Å². The molecule has 0 unspecified atom stereocenters. The average molecular weight is 938 g/mol. The summed E-state index contributed by atoms with van der Waals surface area (Å²) in [6.07, 6.45) is 2.09. The Hall–Kier alpha value is -8.53. The number of fused-ring (bicyclic) bond motifs is 12. The van der Waals surface area contributed by atoms with Crippen molar-refractivity contribution in [3.8, 4) is 44.5 Å². The highest BCUT2D eigenvalue weighted by atomic mass is 15.2. The summed E-state index contributed by atoms with van der Waals surface area (Å²) >= 11 is 0. The van der Waals surface area contributed by atoms with Gasteiger partial charge in [0.2, 0.25) is 0 Å². The van der Waals surface area contributed by atoms with Gasteiger partial charge in [0.15, 0.2) is 0 Å². The fraction of sp³-hybridized carbons (Fsp3) is 0.129. The quantitative estimate of drug-likeness (QED) is 0.159. The van der Waals surface area contributed by atoms with Gasteiger partial charge in [-0.05, 0) is 173 Å². The van der Waals surface area contributed by atoms with E-state index < -0.39 is 0 Å². The van der Waals surface area contributed by atoms with Crippen LogP contribution in [0.5, 0.6) is 0 Å². The third-order valence-corrected chi connectivity index (χ3v) is 16.9. The minimum absolute atomic E-state index is 0.107. The second kappa shape index (κ2) is 15.7. The monoisotopic (exact) mass is 937 g/mol. The van der Waals surface area contributed by atoms with Gasteiger partial charge in [0.1, 0.15) is 5.82 Å². The third-order valence-electron chi connectivity index (χ3n) is 16.9. The standard InChI is InChI=1S/C70H55N3/c1-68(2)60-26-16-14-23-53(60)55-34-31-49(39-62(55)68)72(47-20-8-7-9-21-47)50-33-36-58-64(40-50)70(5,6)65-42-59(52-22-12-13-25-57(52)67(58)65)46-29-37-66(71-43-46)73(48-30-28-44-18-10-11-19-45(44)38-48)51-32-35-56-54-24-15-17-27-61(54)69(3,4)63(56)41-51/h7-43H,1-6H3. The van der Waals surface area contributed by atoms with Crippen molar-refractivity contribution < 1.29 is 0 Å². The van der Waals surface area contributed by atoms with Crippen molar-refractivity contribution in [3.05, 3.63) is 258 Å². The molecule has 0 aliphatic heterocycles. The van der Waals surface area contributed by atoms with E-state index in [-0.39, 0.29) is 16.2 Å². The molecule has 0 N–H and O–H groups in total. The molecule has 0 atom stereocenters. The van der Waals surface area contributed by atoms with Crippen LogP contribution in [-0.4, -0.2) is 4.98 Å². The van der Waals surface area contributed by atoms with E-state index in [9.17, 15) is 0 Å². The molecule has 0 saturated heterocycles. The largest absolute Gasteiger partial charge is 0.310 e. The summed E-state index contributed by atoms with van der Waals surface area (Å²) < 4.78 is 0. The Morgan fingerprint density at radius 1 is 0.301 bits per heavy atom. The van der Waals surface area contributed by atoms with Crippen LogP contribution >= 0.6 is 0 Å². The Balaban J connectivity index is 0.867. The zero-order valence-electron chi connectivity index (χ0n) is 42.2. The van der Waals surface area contributed by atoms with Gasteiger partial charge in [0.25, 0.3) is 0 Å². The van der Waals surface area contributed by atoms with Crippen LogP contribution in [0.25, 0.3) is 66.1 Å². The molecule has 14 rings (SSSR count). The van der Waals surface area contributed by atoms with Crippen molar-refractivity contribution in [1.29, 1.82) is 0 Å². The van der Waals surface area contributed by atoms with Crippen molar-refractivity contribution in [1.82, 2.24) is 4.98 Å². The number of nitrogens with zero attached hydrogens (tertiary/aromatic N) is 3. The van der Waals surface area contributed by atoms with Crippen molar-refractivity contribution in [2.75, 3.05) is 9.80 Å². The number of rotatable bonds is 7. The van der Waals surface area contributed by atoms with Crippen LogP contribution in [0.1, 0.15) is 74.9 Å². The third kappa shape index (κ3) is 6.41. The smallest absolute Gasteiger partial charge is 0.137 e. The predicted molar refractivity (Wildman–Crippen MR) is 307 cm³/mol. The van der Waals surface area contributed by atoms with Crippen LogP contribution in [0, 0.1) is 0 Å². The lowest BCUT2D eigenvalue weighted by Gasteiger charge is -2.29. The van der Waals surface area contributed by atoms with Gasteiger partial charge < -0.3 is 4.90 Å². The number of pyridine rings is 1. The highest BCUT2D eigenvalue weighted by Gasteiger charge is 2.40. The van der Waals surface area contributed by atoms with Gasteiger partial charge in [-0.1, -0.05) is 181 Å². The molecule has 0 saturated carbocycles. The number of aromatic nitrogens is 1. The van der Waals surface area contributed by atoms with Crippen molar-refractivity contribution >= 4 is 55.8 Å². The summed E-state index contributed by atoms with van der Waals surface area (Å²) in [6, 6.07) is 81.1. The molecule has 3 aliphatic rings. The van der Waals surface area contributed by atoms with Gasteiger partial charge in [-0.2, -0.15) is 0 Å². The fourth-order valence-electron chi connectivity index (χ4n) is 13.0. The number of anilines is 6. The van der Waals surface area contributed by atoms with E-state index >= 15 is 0 Å². The molecule has 0 fully saturated rings. The minimum Gasteiger partial charge on any atom is -0.310 e.